The molecule has 4 nitrogen and oxygen atoms in total. The zero-order chi connectivity index (χ0) is 21.3. The largest absolute Gasteiger partial charge is 0.322 e. The molecule has 1 heterocycles. The number of amides is 1. The maximum atomic E-state index is 13.4. The lowest BCUT2D eigenvalue weighted by atomic mass is 10.1. The highest BCUT2D eigenvalue weighted by molar-refractivity contribution is 6.06. The van der Waals surface area contributed by atoms with Crippen LogP contribution in [0.5, 0.6) is 0 Å². The van der Waals surface area contributed by atoms with E-state index in [4.69, 9.17) is 0 Å². The van der Waals surface area contributed by atoms with E-state index in [1.807, 2.05) is 93.6 Å². The quantitative estimate of drug-likeness (QED) is 0.509. The number of hydrogen-bond acceptors (Lipinski definition) is 2. The van der Waals surface area contributed by atoms with Gasteiger partial charge in [0.15, 0.2) is 0 Å². The summed E-state index contributed by atoms with van der Waals surface area (Å²) in [6.07, 6.45) is 0. The van der Waals surface area contributed by atoms with Gasteiger partial charge in [0.1, 0.15) is 0 Å². The molecule has 3 aromatic carbocycles. The maximum absolute atomic E-state index is 13.4. The summed E-state index contributed by atoms with van der Waals surface area (Å²) in [5.41, 5.74) is 5.79. The van der Waals surface area contributed by atoms with Crippen LogP contribution in [0, 0.1) is 20.8 Å². The summed E-state index contributed by atoms with van der Waals surface area (Å²) in [6.45, 7) is 6.19. The number of H-pyrrole nitrogens is 1. The van der Waals surface area contributed by atoms with E-state index in [-0.39, 0.29) is 18.0 Å². The molecule has 4 aromatic rings. The number of carbonyl (C=O) groups excluding carboxylic acids is 1. The summed E-state index contributed by atoms with van der Waals surface area (Å²) in [6, 6.07) is 23.1. The number of pyridine rings is 1. The van der Waals surface area contributed by atoms with Crippen molar-refractivity contribution in [2.75, 3.05) is 4.90 Å². The van der Waals surface area contributed by atoms with Crippen molar-refractivity contribution >= 4 is 22.5 Å². The van der Waals surface area contributed by atoms with E-state index in [1.165, 1.54) is 0 Å². The van der Waals surface area contributed by atoms with Crippen LogP contribution in [-0.2, 0) is 6.54 Å². The second-order valence-electron chi connectivity index (χ2n) is 7.81. The van der Waals surface area contributed by atoms with Gasteiger partial charge >= 0.3 is 0 Å². The number of hydrogen-bond donors (Lipinski definition) is 1. The second-order valence-corrected chi connectivity index (χ2v) is 7.81. The number of aromatic amines is 1. The number of nitrogens with zero attached hydrogens (tertiary/aromatic N) is 1. The van der Waals surface area contributed by atoms with Crippen LogP contribution in [0.4, 0.5) is 5.69 Å². The molecule has 30 heavy (non-hydrogen) atoms. The molecule has 0 unspecified atom stereocenters. The summed E-state index contributed by atoms with van der Waals surface area (Å²) >= 11 is 0. The number of rotatable bonds is 4. The Morgan fingerprint density at radius 2 is 1.53 bits per heavy atom. The van der Waals surface area contributed by atoms with Gasteiger partial charge in [0, 0.05) is 22.3 Å². The molecular weight excluding hydrogens is 372 g/mol. The first kappa shape index (κ1) is 19.6. The van der Waals surface area contributed by atoms with Crippen molar-refractivity contribution in [3.8, 4) is 0 Å². The van der Waals surface area contributed by atoms with Gasteiger partial charge in [-0.25, -0.2) is 0 Å². The van der Waals surface area contributed by atoms with Gasteiger partial charge in [0.25, 0.3) is 11.5 Å². The Kier molecular flexibility index (Phi) is 5.23. The lowest BCUT2D eigenvalue weighted by Crippen LogP contribution is -2.33. The highest BCUT2D eigenvalue weighted by Gasteiger charge is 2.20. The lowest BCUT2D eigenvalue weighted by molar-refractivity contribution is 0.0985. The molecule has 0 saturated carbocycles. The molecule has 0 aliphatic heterocycles. The Morgan fingerprint density at radius 1 is 0.833 bits per heavy atom. The average Bonchev–Trinajstić information content (AvgIpc) is 2.72. The van der Waals surface area contributed by atoms with E-state index in [2.05, 4.69) is 4.98 Å². The van der Waals surface area contributed by atoms with Crippen molar-refractivity contribution < 1.29 is 4.79 Å². The van der Waals surface area contributed by atoms with Gasteiger partial charge in [-0.15, -0.1) is 0 Å². The normalized spacial score (nSPS) is 10.9. The third kappa shape index (κ3) is 4.03. The first-order valence-corrected chi connectivity index (χ1v) is 9.98. The predicted octanol–water partition coefficient (Wildman–Crippen LogP) is 5.30. The van der Waals surface area contributed by atoms with Gasteiger partial charge in [0.2, 0.25) is 0 Å². The SMILES string of the molecule is Cc1ccc(C(=O)N(Cc2cc3cc(C)ccc3[nH]c2=O)c2cccc(C)c2)cc1. The molecular formula is C26H24N2O2. The van der Waals surface area contributed by atoms with Crippen LogP contribution in [0.2, 0.25) is 0 Å². The molecule has 150 valence electrons. The van der Waals surface area contributed by atoms with Crippen LogP contribution < -0.4 is 10.5 Å². The molecule has 1 amide bonds. The molecule has 0 bridgehead atoms. The molecule has 1 aromatic heterocycles. The summed E-state index contributed by atoms with van der Waals surface area (Å²) in [5.74, 6) is -0.135. The number of benzene rings is 3. The Labute approximate surface area is 175 Å². The fraction of sp³-hybridized carbons (Fsp3) is 0.154. The number of carbonyl (C=O) groups is 1. The van der Waals surface area contributed by atoms with E-state index in [0.717, 1.165) is 33.3 Å². The number of aromatic nitrogens is 1. The molecule has 4 rings (SSSR count). The summed E-state index contributed by atoms with van der Waals surface area (Å²) in [5, 5.41) is 0.955. The molecule has 4 heteroatoms. The van der Waals surface area contributed by atoms with Gasteiger partial charge in [-0.2, -0.15) is 0 Å². The highest BCUT2D eigenvalue weighted by Crippen LogP contribution is 2.22. The summed E-state index contributed by atoms with van der Waals surface area (Å²) in [7, 11) is 0. The van der Waals surface area contributed by atoms with E-state index >= 15 is 0 Å². The van der Waals surface area contributed by atoms with Gasteiger partial charge in [0.05, 0.1) is 6.54 Å². The fourth-order valence-electron chi connectivity index (χ4n) is 3.59. The highest BCUT2D eigenvalue weighted by atomic mass is 16.2. The summed E-state index contributed by atoms with van der Waals surface area (Å²) < 4.78 is 0. The molecule has 0 aliphatic rings. The second kappa shape index (κ2) is 7.99. The standard InChI is InChI=1S/C26H24N2O2/c1-17-7-10-20(11-8-17)26(30)28(23-6-4-5-18(2)14-23)16-22-15-21-13-19(3)9-12-24(21)27-25(22)29/h4-15H,16H2,1-3H3,(H,27,29). The summed E-state index contributed by atoms with van der Waals surface area (Å²) in [4.78, 5) is 30.8. The average molecular weight is 396 g/mol. The van der Waals surface area contributed by atoms with Crippen molar-refractivity contribution in [1.29, 1.82) is 0 Å². The predicted molar refractivity (Wildman–Crippen MR) is 122 cm³/mol. The van der Waals surface area contributed by atoms with Crippen LogP contribution in [0.1, 0.15) is 32.6 Å². The minimum Gasteiger partial charge on any atom is -0.322 e. The van der Waals surface area contributed by atoms with Crippen LogP contribution in [0.25, 0.3) is 10.9 Å². The van der Waals surface area contributed by atoms with Crippen molar-refractivity contribution in [3.63, 3.8) is 0 Å². The molecule has 1 N–H and O–H groups in total. The monoisotopic (exact) mass is 396 g/mol. The zero-order valence-corrected chi connectivity index (χ0v) is 17.4. The molecule has 0 radical (unpaired) electrons. The third-order valence-corrected chi connectivity index (χ3v) is 5.26. The molecule has 0 aliphatic carbocycles. The van der Waals surface area contributed by atoms with Gasteiger partial charge in [-0.3, -0.25) is 9.59 Å². The maximum Gasteiger partial charge on any atom is 0.258 e. The lowest BCUT2D eigenvalue weighted by Gasteiger charge is -2.23. The van der Waals surface area contributed by atoms with E-state index in [1.54, 1.807) is 4.90 Å². The van der Waals surface area contributed by atoms with Crippen molar-refractivity contribution in [3.05, 3.63) is 111 Å². The zero-order valence-electron chi connectivity index (χ0n) is 17.4. The number of fused-ring (bicyclic) bond motifs is 1. The van der Waals surface area contributed by atoms with Crippen LogP contribution in [0.15, 0.2) is 77.6 Å². The fourth-order valence-corrected chi connectivity index (χ4v) is 3.59. The molecule has 0 saturated heterocycles. The number of nitrogens with one attached hydrogen (secondary N) is 1. The number of aryl methyl sites for hydroxylation is 3. The Bertz CT molecular complexity index is 1290. The van der Waals surface area contributed by atoms with E-state index < -0.39 is 0 Å². The third-order valence-electron chi connectivity index (χ3n) is 5.26. The molecule has 0 spiro atoms. The first-order valence-electron chi connectivity index (χ1n) is 9.98. The van der Waals surface area contributed by atoms with Gasteiger partial charge in [-0.05, 0) is 74.2 Å². The number of anilines is 1. The Morgan fingerprint density at radius 3 is 2.27 bits per heavy atom. The van der Waals surface area contributed by atoms with Crippen molar-refractivity contribution in [2.45, 2.75) is 27.3 Å². The smallest absolute Gasteiger partial charge is 0.258 e. The van der Waals surface area contributed by atoms with Gasteiger partial charge in [-0.1, -0.05) is 41.5 Å². The van der Waals surface area contributed by atoms with E-state index in [9.17, 15) is 9.59 Å². The molecule has 0 fully saturated rings. The van der Waals surface area contributed by atoms with Crippen molar-refractivity contribution in [1.82, 2.24) is 4.98 Å². The van der Waals surface area contributed by atoms with Crippen LogP contribution >= 0.6 is 0 Å². The topological polar surface area (TPSA) is 53.2 Å². The Hall–Kier alpha value is -3.66. The molecule has 0 atom stereocenters. The van der Waals surface area contributed by atoms with Gasteiger partial charge < -0.3 is 9.88 Å². The van der Waals surface area contributed by atoms with Crippen LogP contribution in [-0.4, -0.2) is 10.9 Å². The minimum absolute atomic E-state index is 0.135. The van der Waals surface area contributed by atoms with E-state index in [0.29, 0.717) is 11.1 Å². The van der Waals surface area contributed by atoms with Crippen LogP contribution in [0.3, 0.4) is 0 Å². The van der Waals surface area contributed by atoms with Crippen molar-refractivity contribution in [2.24, 2.45) is 0 Å². The first-order chi connectivity index (χ1) is 14.4. The minimum atomic E-state index is -0.180. The Balaban J connectivity index is 1.79.